The van der Waals surface area contributed by atoms with Gasteiger partial charge in [0.2, 0.25) is 0 Å². The van der Waals surface area contributed by atoms with Crippen molar-refractivity contribution in [1.29, 1.82) is 0 Å². The molecule has 1 aliphatic rings. The van der Waals surface area contributed by atoms with Crippen LogP contribution >= 0.6 is 11.3 Å². The molecular weight excluding hydrogens is 346 g/mol. The molecular formula is C20H27N3O2S. The number of hydrogen-bond acceptors (Lipinski definition) is 5. The van der Waals surface area contributed by atoms with E-state index >= 15 is 0 Å². The zero-order valence-electron chi connectivity index (χ0n) is 15.5. The van der Waals surface area contributed by atoms with Crippen LogP contribution in [0.1, 0.15) is 26.4 Å². The zero-order chi connectivity index (χ0) is 18.5. The van der Waals surface area contributed by atoms with Crippen LogP contribution in [-0.2, 0) is 6.54 Å². The SMILES string of the molecule is Cc1sc(NC(=O)c2ccccc2)c(CN2CCN(CCO)CC2)c1C. The van der Waals surface area contributed by atoms with E-state index in [-0.39, 0.29) is 12.5 Å². The van der Waals surface area contributed by atoms with Gasteiger partial charge in [-0.3, -0.25) is 14.6 Å². The normalized spacial score (nSPS) is 16.0. The molecule has 2 N–H and O–H groups in total. The average Bonchev–Trinajstić information content (AvgIpc) is 2.91. The Morgan fingerprint density at radius 3 is 2.42 bits per heavy atom. The minimum absolute atomic E-state index is 0.0548. The van der Waals surface area contributed by atoms with Gasteiger partial charge in [0, 0.05) is 55.3 Å². The number of hydrogen-bond donors (Lipinski definition) is 2. The van der Waals surface area contributed by atoms with Crippen LogP contribution in [0.25, 0.3) is 0 Å². The molecule has 0 aliphatic carbocycles. The highest BCUT2D eigenvalue weighted by Crippen LogP contribution is 2.34. The summed E-state index contributed by atoms with van der Waals surface area (Å²) in [6.45, 7) is 10.0. The van der Waals surface area contributed by atoms with Crippen LogP contribution in [0, 0.1) is 13.8 Å². The smallest absolute Gasteiger partial charge is 0.256 e. The molecule has 0 saturated carbocycles. The van der Waals surface area contributed by atoms with E-state index in [0.29, 0.717) is 5.56 Å². The number of aliphatic hydroxyl groups is 1. The zero-order valence-corrected chi connectivity index (χ0v) is 16.3. The molecule has 1 saturated heterocycles. The molecule has 0 radical (unpaired) electrons. The first kappa shape index (κ1) is 19.0. The third-order valence-corrected chi connectivity index (χ3v) is 6.20. The summed E-state index contributed by atoms with van der Waals surface area (Å²) in [4.78, 5) is 18.5. The number of benzene rings is 1. The molecule has 0 spiro atoms. The Morgan fingerprint density at radius 1 is 1.12 bits per heavy atom. The second-order valence-corrected chi connectivity index (χ2v) is 7.98. The number of thiophene rings is 1. The lowest BCUT2D eigenvalue weighted by atomic mass is 10.1. The maximum atomic E-state index is 12.5. The van der Waals surface area contributed by atoms with Crippen LogP contribution in [0.5, 0.6) is 0 Å². The number of nitrogens with one attached hydrogen (secondary N) is 1. The summed E-state index contributed by atoms with van der Waals surface area (Å²) in [5.74, 6) is -0.0548. The number of anilines is 1. The molecule has 3 rings (SSSR count). The fourth-order valence-corrected chi connectivity index (χ4v) is 4.33. The van der Waals surface area contributed by atoms with Crippen molar-refractivity contribution in [2.24, 2.45) is 0 Å². The first-order valence-electron chi connectivity index (χ1n) is 9.09. The molecule has 6 heteroatoms. The number of aryl methyl sites for hydroxylation is 1. The van der Waals surface area contributed by atoms with E-state index in [0.717, 1.165) is 44.3 Å². The van der Waals surface area contributed by atoms with Gasteiger partial charge < -0.3 is 10.4 Å². The maximum Gasteiger partial charge on any atom is 0.256 e. The molecule has 1 aromatic carbocycles. The Kier molecular flexibility index (Phi) is 6.43. The van der Waals surface area contributed by atoms with E-state index in [9.17, 15) is 4.79 Å². The molecule has 2 heterocycles. The summed E-state index contributed by atoms with van der Waals surface area (Å²) in [6.07, 6.45) is 0. The topological polar surface area (TPSA) is 55.8 Å². The van der Waals surface area contributed by atoms with Gasteiger partial charge >= 0.3 is 0 Å². The third kappa shape index (κ3) is 4.51. The predicted octanol–water partition coefficient (Wildman–Crippen LogP) is 2.73. The van der Waals surface area contributed by atoms with Gasteiger partial charge in [-0.2, -0.15) is 0 Å². The predicted molar refractivity (Wildman–Crippen MR) is 107 cm³/mol. The van der Waals surface area contributed by atoms with Crippen molar-refractivity contribution in [1.82, 2.24) is 9.80 Å². The lowest BCUT2D eigenvalue weighted by molar-refractivity contribution is 0.102. The van der Waals surface area contributed by atoms with Crippen molar-refractivity contribution >= 4 is 22.2 Å². The Morgan fingerprint density at radius 2 is 1.77 bits per heavy atom. The van der Waals surface area contributed by atoms with Crippen molar-refractivity contribution in [2.45, 2.75) is 20.4 Å². The van der Waals surface area contributed by atoms with Gasteiger partial charge in [0.25, 0.3) is 5.91 Å². The Bertz CT molecular complexity index is 737. The molecule has 2 aromatic rings. The summed E-state index contributed by atoms with van der Waals surface area (Å²) in [5.41, 5.74) is 3.18. The van der Waals surface area contributed by atoms with E-state index in [2.05, 4.69) is 29.0 Å². The number of carbonyl (C=O) groups excluding carboxylic acids is 1. The minimum atomic E-state index is -0.0548. The highest BCUT2D eigenvalue weighted by Gasteiger charge is 2.21. The Hall–Kier alpha value is -1.73. The monoisotopic (exact) mass is 373 g/mol. The van der Waals surface area contributed by atoms with E-state index in [1.807, 2.05) is 30.3 Å². The molecule has 1 aliphatic heterocycles. The fourth-order valence-electron chi connectivity index (χ4n) is 3.27. The van der Waals surface area contributed by atoms with Gasteiger partial charge in [0.1, 0.15) is 5.00 Å². The van der Waals surface area contributed by atoms with Crippen LogP contribution in [-0.4, -0.2) is 60.1 Å². The molecule has 0 unspecified atom stereocenters. The van der Waals surface area contributed by atoms with E-state index in [1.54, 1.807) is 11.3 Å². The van der Waals surface area contributed by atoms with Crippen LogP contribution in [0.2, 0.25) is 0 Å². The lowest BCUT2D eigenvalue weighted by Gasteiger charge is -2.34. The van der Waals surface area contributed by atoms with Gasteiger partial charge in [0.05, 0.1) is 6.61 Å². The number of β-amino-alcohol motifs (C(OH)–C–C–N with tert-alkyl or cyclic N) is 1. The molecule has 1 aromatic heterocycles. The van der Waals surface area contributed by atoms with E-state index in [4.69, 9.17) is 5.11 Å². The molecule has 0 atom stereocenters. The largest absolute Gasteiger partial charge is 0.395 e. The van der Waals surface area contributed by atoms with Gasteiger partial charge in [-0.15, -0.1) is 11.3 Å². The average molecular weight is 374 g/mol. The first-order chi connectivity index (χ1) is 12.6. The number of aliphatic hydroxyl groups excluding tert-OH is 1. The fraction of sp³-hybridized carbons (Fsp3) is 0.450. The van der Waals surface area contributed by atoms with Gasteiger partial charge in [-0.25, -0.2) is 0 Å². The molecule has 140 valence electrons. The van der Waals surface area contributed by atoms with Crippen molar-refractivity contribution in [2.75, 3.05) is 44.6 Å². The Labute approximate surface area is 159 Å². The molecule has 1 amide bonds. The van der Waals surface area contributed by atoms with Crippen LogP contribution in [0.4, 0.5) is 5.00 Å². The van der Waals surface area contributed by atoms with Crippen LogP contribution in [0.15, 0.2) is 30.3 Å². The molecule has 5 nitrogen and oxygen atoms in total. The number of rotatable bonds is 6. The van der Waals surface area contributed by atoms with Gasteiger partial charge in [0.15, 0.2) is 0 Å². The number of nitrogens with zero attached hydrogens (tertiary/aromatic N) is 2. The Balaban J connectivity index is 1.69. The second-order valence-electron chi connectivity index (χ2n) is 6.75. The maximum absolute atomic E-state index is 12.5. The van der Waals surface area contributed by atoms with Crippen molar-refractivity contribution in [3.63, 3.8) is 0 Å². The molecule has 0 bridgehead atoms. The van der Waals surface area contributed by atoms with E-state index < -0.39 is 0 Å². The number of piperazine rings is 1. The molecule has 1 fully saturated rings. The summed E-state index contributed by atoms with van der Waals surface area (Å²) < 4.78 is 0. The van der Waals surface area contributed by atoms with Crippen LogP contribution in [0.3, 0.4) is 0 Å². The summed E-state index contributed by atoms with van der Waals surface area (Å²) >= 11 is 1.66. The van der Waals surface area contributed by atoms with Crippen molar-refractivity contribution in [3.8, 4) is 0 Å². The standard InChI is InChI=1S/C20H27N3O2S/c1-15-16(2)26-20(21-19(25)17-6-4-3-5-7-17)18(15)14-23-10-8-22(9-11-23)12-13-24/h3-7,24H,8-14H2,1-2H3,(H,21,25). The minimum Gasteiger partial charge on any atom is -0.395 e. The van der Waals surface area contributed by atoms with Crippen LogP contribution < -0.4 is 5.32 Å². The summed E-state index contributed by atoms with van der Waals surface area (Å²) in [7, 11) is 0. The first-order valence-corrected chi connectivity index (χ1v) is 9.91. The molecule has 26 heavy (non-hydrogen) atoms. The lowest BCUT2D eigenvalue weighted by Crippen LogP contribution is -2.46. The third-order valence-electron chi connectivity index (χ3n) is 5.04. The number of amides is 1. The summed E-state index contributed by atoms with van der Waals surface area (Å²) in [5, 5.41) is 13.2. The highest BCUT2D eigenvalue weighted by atomic mass is 32.1. The highest BCUT2D eigenvalue weighted by molar-refractivity contribution is 7.16. The quantitative estimate of drug-likeness (QED) is 0.818. The van der Waals surface area contributed by atoms with Crippen molar-refractivity contribution < 1.29 is 9.90 Å². The summed E-state index contributed by atoms with van der Waals surface area (Å²) in [6, 6.07) is 9.35. The van der Waals surface area contributed by atoms with Gasteiger partial charge in [-0.1, -0.05) is 18.2 Å². The van der Waals surface area contributed by atoms with Gasteiger partial charge in [-0.05, 0) is 31.5 Å². The van der Waals surface area contributed by atoms with Crippen molar-refractivity contribution in [3.05, 3.63) is 51.9 Å². The number of carbonyl (C=O) groups is 1. The van der Waals surface area contributed by atoms with E-state index in [1.165, 1.54) is 16.0 Å². The second kappa shape index (κ2) is 8.77.